The predicted molar refractivity (Wildman–Crippen MR) is 99.0 cm³/mol. The Balaban J connectivity index is 2.18. The maximum Gasteiger partial charge on any atom is 0.325 e. The lowest BCUT2D eigenvalue weighted by atomic mass is 10.2. The lowest BCUT2D eigenvalue weighted by molar-refractivity contribution is -0.141. The normalized spacial score (nSPS) is 11.4. The maximum absolute atomic E-state index is 13.2. The van der Waals surface area contributed by atoms with Crippen molar-refractivity contribution in [1.29, 1.82) is 0 Å². The maximum atomic E-state index is 13.2. The minimum Gasteiger partial charge on any atom is -0.497 e. The standard InChI is InChI=1S/C19H19NO6S/c1-24-13-4-7-15(8-5-13)27(22,23)18-11-20(12-19(21)26-3)17-10-14(25-2)6-9-16(17)18/h4-11H,12H2,1-3H3. The molecule has 0 radical (unpaired) electrons. The van der Waals surface area contributed by atoms with E-state index in [0.29, 0.717) is 22.4 Å². The van der Waals surface area contributed by atoms with E-state index in [-0.39, 0.29) is 16.3 Å². The molecule has 0 amide bonds. The average molecular weight is 389 g/mol. The number of benzene rings is 2. The molecule has 8 heteroatoms. The van der Waals surface area contributed by atoms with Crippen molar-refractivity contribution >= 4 is 26.7 Å². The quantitative estimate of drug-likeness (QED) is 0.603. The minimum absolute atomic E-state index is 0.106. The molecule has 27 heavy (non-hydrogen) atoms. The summed E-state index contributed by atoms with van der Waals surface area (Å²) in [7, 11) is 0.509. The Morgan fingerprint density at radius 2 is 1.59 bits per heavy atom. The van der Waals surface area contributed by atoms with Gasteiger partial charge in [-0.15, -0.1) is 0 Å². The summed E-state index contributed by atoms with van der Waals surface area (Å²) in [5.41, 5.74) is 0.562. The largest absolute Gasteiger partial charge is 0.497 e. The Kier molecular flexibility index (Phi) is 5.09. The molecule has 0 fully saturated rings. The van der Waals surface area contributed by atoms with Crippen LogP contribution in [0.5, 0.6) is 11.5 Å². The molecule has 0 aliphatic carbocycles. The monoisotopic (exact) mass is 389 g/mol. The molecular weight excluding hydrogens is 370 g/mol. The first kappa shape index (κ1) is 18.8. The van der Waals surface area contributed by atoms with Crippen LogP contribution in [0.3, 0.4) is 0 Å². The molecule has 0 unspecified atom stereocenters. The van der Waals surface area contributed by atoms with Crippen molar-refractivity contribution in [2.24, 2.45) is 0 Å². The third-order valence-electron chi connectivity index (χ3n) is 4.24. The Morgan fingerprint density at radius 1 is 0.963 bits per heavy atom. The van der Waals surface area contributed by atoms with Crippen LogP contribution in [0.4, 0.5) is 0 Å². The van der Waals surface area contributed by atoms with Gasteiger partial charge in [0.2, 0.25) is 9.84 Å². The zero-order valence-corrected chi connectivity index (χ0v) is 15.9. The molecule has 0 spiro atoms. The van der Waals surface area contributed by atoms with Crippen LogP contribution < -0.4 is 9.47 Å². The summed E-state index contributed by atoms with van der Waals surface area (Å²) in [6, 6.07) is 11.2. The van der Waals surface area contributed by atoms with Gasteiger partial charge in [0.15, 0.2) is 0 Å². The van der Waals surface area contributed by atoms with E-state index in [1.165, 1.54) is 39.7 Å². The molecule has 0 atom stereocenters. The van der Waals surface area contributed by atoms with Crippen molar-refractivity contribution in [3.63, 3.8) is 0 Å². The van der Waals surface area contributed by atoms with Crippen molar-refractivity contribution in [2.45, 2.75) is 16.3 Å². The van der Waals surface area contributed by atoms with Crippen LogP contribution in [0.25, 0.3) is 10.9 Å². The molecule has 2 aromatic carbocycles. The second-order valence-corrected chi connectivity index (χ2v) is 7.68. The highest BCUT2D eigenvalue weighted by atomic mass is 32.2. The van der Waals surface area contributed by atoms with Crippen LogP contribution in [0.15, 0.2) is 58.5 Å². The van der Waals surface area contributed by atoms with Gasteiger partial charge in [-0.1, -0.05) is 0 Å². The Bertz CT molecular complexity index is 1080. The molecule has 7 nitrogen and oxygen atoms in total. The number of aromatic nitrogens is 1. The lowest BCUT2D eigenvalue weighted by Gasteiger charge is -2.05. The van der Waals surface area contributed by atoms with Gasteiger partial charge < -0.3 is 18.8 Å². The minimum atomic E-state index is -3.80. The van der Waals surface area contributed by atoms with E-state index in [0.717, 1.165) is 0 Å². The van der Waals surface area contributed by atoms with Gasteiger partial charge in [0, 0.05) is 17.6 Å². The number of hydrogen-bond donors (Lipinski definition) is 0. The molecule has 0 aliphatic heterocycles. The van der Waals surface area contributed by atoms with Crippen molar-refractivity contribution in [2.75, 3.05) is 21.3 Å². The second kappa shape index (κ2) is 7.32. The first-order chi connectivity index (χ1) is 12.9. The molecular formula is C19H19NO6S. The van der Waals surface area contributed by atoms with E-state index in [9.17, 15) is 13.2 Å². The van der Waals surface area contributed by atoms with Crippen molar-refractivity contribution in [1.82, 2.24) is 4.57 Å². The molecule has 0 bridgehead atoms. The van der Waals surface area contributed by atoms with E-state index in [4.69, 9.17) is 14.2 Å². The number of sulfone groups is 1. The Labute approximate surface area is 157 Å². The molecule has 0 saturated carbocycles. The van der Waals surface area contributed by atoms with Gasteiger partial charge in [0.1, 0.15) is 18.0 Å². The van der Waals surface area contributed by atoms with Crippen LogP contribution in [-0.4, -0.2) is 40.3 Å². The zero-order valence-electron chi connectivity index (χ0n) is 15.1. The second-order valence-electron chi connectivity index (χ2n) is 5.76. The van der Waals surface area contributed by atoms with Gasteiger partial charge in [0.05, 0.1) is 36.6 Å². The van der Waals surface area contributed by atoms with Gasteiger partial charge in [-0.3, -0.25) is 4.79 Å². The number of hydrogen-bond acceptors (Lipinski definition) is 6. The summed E-state index contributed by atoms with van der Waals surface area (Å²) in [5, 5.41) is 0.496. The summed E-state index contributed by atoms with van der Waals surface area (Å²) >= 11 is 0. The van der Waals surface area contributed by atoms with Crippen LogP contribution in [0.1, 0.15) is 0 Å². The summed E-state index contributed by atoms with van der Waals surface area (Å²) in [6.45, 7) is -0.113. The van der Waals surface area contributed by atoms with E-state index >= 15 is 0 Å². The van der Waals surface area contributed by atoms with E-state index in [1.54, 1.807) is 34.9 Å². The number of rotatable bonds is 6. The number of methoxy groups -OCH3 is 3. The molecule has 0 saturated heterocycles. The van der Waals surface area contributed by atoms with E-state index in [1.807, 2.05) is 0 Å². The molecule has 1 aromatic heterocycles. The van der Waals surface area contributed by atoms with Gasteiger partial charge in [0.25, 0.3) is 0 Å². The molecule has 142 valence electrons. The van der Waals surface area contributed by atoms with Crippen molar-refractivity contribution in [3.8, 4) is 11.5 Å². The Morgan fingerprint density at radius 3 is 2.19 bits per heavy atom. The number of fused-ring (bicyclic) bond motifs is 1. The lowest BCUT2D eigenvalue weighted by Crippen LogP contribution is -2.10. The SMILES string of the molecule is COC(=O)Cn1cc(S(=O)(=O)c2ccc(OC)cc2)c2ccc(OC)cc21. The van der Waals surface area contributed by atoms with Crippen LogP contribution in [0, 0.1) is 0 Å². The predicted octanol–water partition coefficient (Wildman–Crippen LogP) is 2.66. The topological polar surface area (TPSA) is 83.8 Å². The van der Waals surface area contributed by atoms with E-state index < -0.39 is 15.8 Å². The van der Waals surface area contributed by atoms with Crippen molar-refractivity contribution < 1.29 is 27.4 Å². The number of nitrogens with zero attached hydrogens (tertiary/aromatic N) is 1. The molecule has 0 aliphatic rings. The highest BCUT2D eigenvalue weighted by Gasteiger charge is 2.24. The number of ether oxygens (including phenoxy) is 3. The van der Waals surface area contributed by atoms with Gasteiger partial charge in [-0.2, -0.15) is 0 Å². The van der Waals surface area contributed by atoms with Crippen molar-refractivity contribution in [3.05, 3.63) is 48.7 Å². The molecule has 3 rings (SSSR count). The fourth-order valence-electron chi connectivity index (χ4n) is 2.80. The Hall–Kier alpha value is -3.00. The highest BCUT2D eigenvalue weighted by molar-refractivity contribution is 7.91. The summed E-state index contributed by atoms with van der Waals surface area (Å²) in [5.74, 6) is 0.634. The first-order valence-corrected chi connectivity index (χ1v) is 9.52. The molecule has 1 heterocycles. The van der Waals surface area contributed by atoms with Crippen LogP contribution >= 0.6 is 0 Å². The molecule has 3 aromatic rings. The zero-order chi connectivity index (χ0) is 19.6. The summed E-state index contributed by atoms with van der Waals surface area (Å²) in [6.07, 6.45) is 1.45. The van der Waals surface area contributed by atoms with E-state index in [2.05, 4.69) is 0 Å². The number of carbonyl (C=O) groups excluding carboxylic acids is 1. The van der Waals surface area contributed by atoms with Crippen LogP contribution in [-0.2, 0) is 25.9 Å². The smallest absolute Gasteiger partial charge is 0.325 e. The number of carbonyl (C=O) groups is 1. The summed E-state index contributed by atoms with van der Waals surface area (Å²) < 4.78 is 42.9. The fraction of sp³-hybridized carbons (Fsp3) is 0.211. The van der Waals surface area contributed by atoms with Gasteiger partial charge in [-0.25, -0.2) is 8.42 Å². The highest BCUT2D eigenvalue weighted by Crippen LogP contribution is 2.33. The third kappa shape index (κ3) is 3.48. The van der Waals surface area contributed by atoms with Gasteiger partial charge >= 0.3 is 5.97 Å². The fourth-order valence-corrected chi connectivity index (χ4v) is 4.27. The summed E-state index contributed by atoms with van der Waals surface area (Å²) in [4.78, 5) is 12.0. The third-order valence-corrected chi connectivity index (χ3v) is 6.04. The van der Waals surface area contributed by atoms with Crippen LogP contribution in [0.2, 0.25) is 0 Å². The average Bonchev–Trinajstić information content (AvgIpc) is 3.06. The van der Waals surface area contributed by atoms with Gasteiger partial charge in [-0.05, 0) is 36.4 Å². The molecule has 0 N–H and O–H groups in total. The first-order valence-electron chi connectivity index (χ1n) is 8.03. The number of esters is 1.